The monoisotopic (exact) mass is 416 g/mol. The summed E-state index contributed by atoms with van der Waals surface area (Å²) in [5, 5.41) is 9.24. The Morgan fingerprint density at radius 2 is 1.45 bits per heavy atom. The Morgan fingerprint density at radius 3 is 2.03 bits per heavy atom. The van der Waals surface area contributed by atoms with E-state index in [4.69, 9.17) is 9.47 Å². The van der Waals surface area contributed by atoms with Gasteiger partial charge in [0.1, 0.15) is 18.1 Å². The average molecular weight is 417 g/mol. The highest BCUT2D eigenvalue weighted by molar-refractivity contribution is 5.73. The fraction of sp³-hybridized carbons (Fsp3) is 0.222. The van der Waals surface area contributed by atoms with Crippen LogP contribution in [0.25, 0.3) is 16.7 Å². The number of hydrogen-bond acceptors (Lipinski definition) is 3. The van der Waals surface area contributed by atoms with E-state index in [1.807, 2.05) is 38.1 Å². The van der Waals surface area contributed by atoms with Crippen LogP contribution in [0, 0.1) is 5.92 Å². The summed E-state index contributed by atoms with van der Waals surface area (Å²) in [5.41, 5.74) is 4.69. The van der Waals surface area contributed by atoms with Gasteiger partial charge >= 0.3 is 5.97 Å². The number of hydrogen-bond donors (Lipinski definition) is 1. The van der Waals surface area contributed by atoms with E-state index >= 15 is 0 Å². The maximum absolute atomic E-state index is 11.3. The zero-order valence-electron chi connectivity index (χ0n) is 18.1. The largest absolute Gasteiger partial charge is 0.490 e. The Kier molecular flexibility index (Phi) is 7.50. The fourth-order valence-corrected chi connectivity index (χ4v) is 3.17. The number of carbonyl (C=O) groups is 1. The summed E-state index contributed by atoms with van der Waals surface area (Å²) in [7, 11) is 0. The predicted molar refractivity (Wildman–Crippen MR) is 124 cm³/mol. The van der Waals surface area contributed by atoms with E-state index in [2.05, 4.69) is 43.3 Å². The molecule has 3 aromatic rings. The van der Waals surface area contributed by atoms with Gasteiger partial charge in [-0.1, -0.05) is 68.4 Å². The summed E-state index contributed by atoms with van der Waals surface area (Å²) in [6, 6.07) is 25.8. The lowest BCUT2D eigenvalue weighted by Crippen LogP contribution is -2.32. The first kappa shape index (κ1) is 22.2. The van der Waals surface area contributed by atoms with E-state index in [0.717, 1.165) is 11.1 Å². The second kappa shape index (κ2) is 10.5. The van der Waals surface area contributed by atoms with Crippen molar-refractivity contribution in [3.63, 3.8) is 0 Å². The Bertz CT molecular complexity index is 1000. The lowest BCUT2D eigenvalue weighted by molar-refractivity contribution is -0.147. The molecule has 1 N–H and O–H groups in total. The van der Waals surface area contributed by atoms with E-state index in [0.29, 0.717) is 18.1 Å². The number of carboxylic acid groups (broad SMARTS) is 1. The Labute approximate surface area is 183 Å². The minimum absolute atomic E-state index is 0.122. The van der Waals surface area contributed by atoms with E-state index in [1.54, 1.807) is 24.3 Å². The zero-order chi connectivity index (χ0) is 22.2. The van der Waals surface area contributed by atoms with Gasteiger partial charge in [0.2, 0.25) is 0 Å². The minimum atomic E-state index is -0.965. The highest BCUT2D eigenvalue weighted by atomic mass is 16.5. The van der Waals surface area contributed by atoms with Gasteiger partial charge in [-0.25, -0.2) is 4.79 Å². The molecule has 160 valence electrons. The fourth-order valence-electron chi connectivity index (χ4n) is 3.17. The molecule has 0 fully saturated rings. The van der Waals surface area contributed by atoms with Gasteiger partial charge in [0.25, 0.3) is 0 Å². The number of benzene rings is 3. The predicted octanol–water partition coefficient (Wildman–Crippen LogP) is 6.32. The molecule has 0 saturated heterocycles. The maximum atomic E-state index is 11.3. The van der Waals surface area contributed by atoms with Crippen molar-refractivity contribution in [2.24, 2.45) is 5.92 Å². The van der Waals surface area contributed by atoms with Gasteiger partial charge in [0.15, 0.2) is 6.10 Å². The standard InChI is InChI=1S/C27H28O4/c1-19(2)26(27(28)29)31-25-15-13-24(14-16-25)30-18-17-20(3)21-9-11-23(12-10-21)22-7-5-4-6-8-22/h4-17,19,26H,18H2,1-3H3,(H,28,29)/b20-17+. The Hall–Kier alpha value is -3.53. The molecule has 0 amide bonds. The van der Waals surface area contributed by atoms with Crippen molar-refractivity contribution < 1.29 is 19.4 Å². The van der Waals surface area contributed by atoms with Crippen LogP contribution in [-0.4, -0.2) is 23.8 Å². The van der Waals surface area contributed by atoms with Crippen LogP contribution in [0.15, 0.2) is 84.9 Å². The summed E-state index contributed by atoms with van der Waals surface area (Å²) >= 11 is 0. The SMILES string of the molecule is C/C(=C\COc1ccc(OC(C(=O)O)C(C)C)cc1)c1ccc(-c2ccccc2)cc1. The molecular weight excluding hydrogens is 388 g/mol. The topological polar surface area (TPSA) is 55.8 Å². The second-order valence-electron chi connectivity index (χ2n) is 7.73. The molecule has 3 rings (SSSR count). The summed E-state index contributed by atoms with van der Waals surface area (Å²) in [6.07, 6.45) is 1.17. The molecule has 0 aromatic heterocycles. The molecule has 0 radical (unpaired) electrons. The summed E-state index contributed by atoms with van der Waals surface area (Å²) in [4.78, 5) is 11.3. The lowest BCUT2D eigenvalue weighted by Gasteiger charge is -2.18. The van der Waals surface area contributed by atoms with Crippen molar-refractivity contribution in [3.8, 4) is 22.6 Å². The number of carboxylic acids is 1. The number of allylic oxidation sites excluding steroid dienone is 1. The Morgan fingerprint density at radius 1 is 0.871 bits per heavy atom. The molecule has 0 aliphatic rings. The maximum Gasteiger partial charge on any atom is 0.345 e. The third-order valence-electron chi connectivity index (χ3n) is 5.02. The van der Waals surface area contributed by atoms with Crippen LogP contribution < -0.4 is 9.47 Å². The van der Waals surface area contributed by atoms with Gasteiger partial charge in [-0.15, -0.1) is 0 Å². The van der Waals surface area contributed by atoms with Crippen LogP contribution >= 0.6 is 0 Å². The van der Waals surface area contributed by atoms with E-state index in [1.165, 1.54) is 11.1 Å². The molecule has 0 aliphatic heterocycles. The van der Waals surface area contributed by atoms with Crippen molar-refractivity contribution in [2.75, 3.05) is 6.61 Å². The molecule has 0 saturated carbocycles. The first-order chi connectivity index (χ1) is 14.9. The van der Waals surface area contributed by atoms with Crippen LogP contribution in [0.5, 0.6) is 11.5 Å². The molecule has 0 spiro atoms. The van der Waals surface area contributed by atoms with Crippen LogP contribution in [0.3, 0.4) is 0 Å². The quantitative estimate of drug-likeness (QED) is 0.443. The van der Waals surface area contributed by atoms with Gasteiger partial charge < -0.3 is 14.6 Å². The molecule has 0 bridgehead atoms. The van der Waals surface area contributed by atoms with Crippen molar-refractivity contribution >= 4 is 11.5 Å². The van der Waals surface area contributed by atoms with Crippen molar-refractivity contribution in [1.82, 2.24) is 0 Å². The van der Waals surface area contributed by atoms with Gasteiger partial charge in [-0.05, 0) is 59.5 Å². The minimum Gasteiger partial charge on any atom is -0.490 e. The molecule has 1 atom stereocenters. The smallest absolute Gasteiger partial charge is 0.345 e. The number of ether oxygens (including phenoxy) is 2. The van der Waals surface area contributed by atoms with Crippen LogP contribution in [-0.2, 0) is 4.79 Å². The summed E-state index contributed by atoms with van der Waals surface area (Å²) in [5.74, 6) is 0.127. The summed E-state index contributed by atoms with van der Waals surface area (Å²) < 4.78 is 11.4. The number of aliphatic carboxylic acids is 1. The second-order valence-corrected chi connectivity index (χ2v) is 7.73. The van der Waals surface area contributed by atoms with Crippen LogP contribution in [0.2, 0.25) is 0 Å². The third-order valence-corrected chi connectivity index (χ3v) is 5.02. The van der Waals surface area contributed by atoms with Crippen LogP contribution in [0.4, 0.5) is 0 Å². The molecule has 31 heavy (non-hydrogen) atoms. The lowest BCUT2D eigenvalue weighted by atomic mass is 10.0. The van der Waals surface area contributed by atoms with E-state index in [-0.39, 0.29) is 5.92 Å². The van der Waals surface area contributed by atoms with Crippen molar-refractivity contribution in [3.05, 3.63) is 90.5 Å². The molecule has 4 nitrogen and oxygen atoms in total. The highest BCUT2D eigenvalue weighted by Gasteiger charge is 2.23. The van der Waals surface area contributed by atoms with Gasteiger partial charge in [-0.3, -0.25) is 0 Å². The van der Waals surface area contributed by atoms with Crippen molar-refractivity contribution in [2.45, 2.75) is 26.9 Å². The normalized spacial score (nSPS) is 12.5. The number of rotatable bonds is 9. The molecule has 0 heterocycles. The van der Waals surface area contributed by atoms with Gasteiger partial charge in [0, 0.05) is 5.92 Å². The average Bonchev–Trinajstić information content (AvgIpc) is 2.78. The molecular formula is C27H28O4. The molecule has 3 aromatic carbocycles. The van der Waals surface area contributed by atoms with Crippen molar-refractivity contribution in [1.29, 1.82) is 0 Å². The molecule has 4 heteroatoms. The van der Waals surface area contributed by atoms with E-state index < -0.39 is 12.1 Å². The third kappa shape index (κ3) is 6.22. The highest BCUT2D eigenvalue weighted by Crippen LogP contribution is 2.23. The molecule has 0 aliphatic carbocycles. The first-order valence-electron chi connectivity index (χ1n) is 10.4. The van der Waals surface area contributed by atoms with E-state index in [9.17, 15) is 9.90 Å². The Balaban J connectivity index is 1.55. The first-order valence-corrected chi connectivity index (χ1v) is 10.4. The van der Waals surface area contributed by atoms with Crippen LogP contribution in [0.1, 0.15) is 26.3 Å². The summed E-state index contributed by atoms with van der Waals surface area (Å²) in [6.45, 7) is 6.15. The zero-order valence-corrected chi connectivity index (χ0v) is 18.1. The molecule has 1 unspecified atom stereocenters. The van der Waals surface area contributed by atoms with Gasteiger partial charge in [0.05, 0.1) is 0 Å². The van der Waals surface area contributed by atoms with Gasteiger partial charge in [-0.2, -0.15) is 0 Å².